The first kappa shape index (κ1) is 15.3. The van der Waals surface area contributed by atoms with Gasteiger partial charge in [0, 0.05) is 18.7 Å². The molecule has 5 nitrogen and oxygen atoms in total. The molecule has 1 fully saturated rings. The van der Waals surface area contributed by atoms with Crippen LogP contribution < -0.4 is 5.14 Å². The van der Waals surface area contributed by atoms with Crippen molar-refractivity contribution in [2.45, 2.75) is 18.7 Å². The van der Waals surface area contributed by atoms with Crippen LogP contribution in [0.4, 0.5) is 0 Å². The van der Waals surface area contributed by atoms with Crippen molar-refractivity contribution in [1.82, 2.24) is 4.90 Å². The summed E-state index contributed by atoms with van der Waals surface area (Å²) in [4.78, 5) is 13.9. The molecule has 2 unspecified atom stereocenters. The first-order valence-corrected chi connectivity index (χ1v) is 8.24. The Morgan fingerprint density at radius 2 is 1.85 bits per heavy atom. The van der Waals surface area contributed by atoms with Crippen LogP contribution in [0.25, 0.3) is 0 Å². The van der Waals surface area contributed by atoms with Gasteiger partial charge in [0.05, 0.1) is 5.02 Å². The van der Waals surface area contributed by atoms with Crippen LogP contribution in [-0.2, 0) is 10.0 Å². The number of carbonyl (C=O) groups is 1. The lowest BCUT2D eigenvalue weighted by Gasteiger charge is -2.16. The van der Waals surface area contributed by atoms with E-state index in [2.05, 4.69) is 13.8 Å². The summed E-state index contributed by atoms with van der Waals surface area (Å²) in [7, 11) is -3.94. The Morgan fingerprint density at radius 3 is 2.35 bits per heavy atom. The lowest BCUT2D eigenvalue weighted by atomic mass is 10.0. The number of nitrogens with two attached hydrogens (primary N) is 1. The van der Waals surface area contributed by atoms with Crippen LogP contribution in [0.15, 0.2) is 23.1 Å². The number of hydrogen-bond acceptors (Lipinski definition) is 3. The number of nitrogens with zero attached hydrogens (tertiary/aromatic N) is 1. The van der Waals surface area contributed by atoms with Gasteiger partial charge in [0.1, 0.15) is 4.90 Å². The Kier molecular flexibility index (Phi) is 4.09. The number of rotatable bonds is 2. The third kappa shape index (κ3) is 2.97. The highest BCUT2D eigenvalue weighted by Gasteiger charge is 2.30. The van der Waals surface area contributed by atoms with E-state index < -0.39 is 10.0 Å². The molecule has 1 aromatic rings. The second-order valence-electron chi connectivity index (χ2n) is 5.35. The lowest BCUT2D eigenvalue weighted by molar-refractivity contribution is 0.0785. The number of amides is 1. The molecule has 1 heterocycles. The molecule has 2 atom stereocenters. The zero-order chi connectivity index (χ0) is 15.1. The van der Waals surface area contributed by atoms with E-state index in [0.29, 0.717) is 30.5 Å². The van der Waals surface area contributed by atoms with Crippen molar-refractivity contribution >= 4 is 27.5 Å². The van der Waals surface area contributed by atoms with Crippen LogP contribution in [-0.4, -0.2) is 32.3 Å². The number of sulfonamides is 1. The van der Waals surface area contributed by atoms with Gasteiger partial charge in [-0.1, -0.05) is 25.4 Å². The molecule has 1 saturated heterocycles. The molecule has 0 radical (unpaired) electrons. The number of primary sulfonamides is 1. The number of halogens is 1. The fraction of sp³-hybridized carbons (Fsp3) is 0.462. The topological polar surface area (TPSA) is 80.5 Å². The average molecular weight is 317 g/mol. The zero-order valence-corrected chi connectivity index (χ0v) is 12.9. The Bertz CT molecular complexity index is 635. The first-order valence-electron chi connectivity index (χ1n) is 6.31. The van der Waals surface area contributed by atoms with Gasteiger partial charge in [-0.3, -0.25) is 4.79 Å². The standard InChI is InChI=1S/C13H17ClN2O3S/c1-8-6-16(7-9(8)2)13(17)10-3-4-11(14)12(5-10)20(15,18)19/h3-5,8-9H,6-7H2,1-2H3,(H2,15,18,19). The second kappa shape index (κ2) is 5.35. The van der Waals surface area contributed by atoms with Crippen LogP contribution in [0.1, 0.15) is 24.2 Å². The van der Waals surface area contributed by atoms with Crippen LogP contribution in [0.3, 0.4) is 0 Å². The summed E-state index contributed by atoms with van der Waals surface area (Å²) < 4.78 is 22.8. The predicted molar refractivity (Wildman–Crippen MR) is 77.1 cm³/mol. The smallest absolute Gasteiger partial charge is 0.253 e. The summed E-state index contributed by atoms with van der Waals surface area (Å²) in [5.74, 6) is 0.677. The largest absolute Gasteiger partial charge is 0.338 e. The highest BCUT2D eigenvalue weighted by Crippen LogP contribution is 2.26. The lowest BCUT2D eigenvalue weighted by Crippen LogP contribution is -2.29. The van der Waals surface area contributed by atoms with Crippen molar-refractivity contribution in [3.63, 3.8) is 0 Å². The Balaban J connectivity index is 2.33. The minimum Gasteiger partial charge on any atom is -0.338 e. The van der Waals surface area contributed by atoms with Crippen molar-refractivity contribution in [1.29, 1.82) is 0 Å². The molecule has 2 N–H and O–H groups in total. The molecule has 0 aromatic heterocycles. The molecule has 110 valence electrons. The number of carbonyl (C=O) groups excluding carboxylic acids is 1. The van der Waals surface area contributed by atoms with Gasteiger partial charge in [-0.25, -0.2) is 13.6 Å². The van der Waals surface area contributed by atoms with Crippen molar-refractivity contribution in [2.24, 2.45) is 17.0 Å². The van der Waals surface area contributed by atoms with Gasteiger partial charge in [0.2, 0.25) is 10.0 Å². The third-order valence-electron chi connectivity index (χ3n) is 3.76. The molecule has 0 aliphatic carbocycles. The third-order valence-corrected chi connectivity index (χ3v) is 5.15. The zero-order valence-electron chi connectivity index (χ0n) is 11.3. The van der Waals surface area contributed by atoms with E-state index in [0.717, 1.165) is 0 Å². The molecule has 7 heteroatoms. The summed E-state index contributed by atoms with van der Waals surface area (Å²) in [6.45, 7) is 5.53. The van der Waals surface area contributed by atoms with E-state index in [-0.39, 0.29) is 15.8 Å². The fourth-order valence-corrected chi connectivity index (χ4v) is 3.40. The second-order valence-corrected chi connectivity index (χ2v) is 7.29. The van der Waals surface area contributed by atoms with E-state index in [4.69, 9.17) is 16.7 Å². The van der Waals surface area contributed by atoms with Crippen molar-refractivity contribution in [2.75, 3.05) is 13.1 Å². The van der Waals surface area contributed by atoms with E-state index in [1.165, 1.54) is 18.2 Å². The maximum atomic E-state index is 12.4. The molecule has 1 amide bonds. The summed E-state index contributed by atoms with van der Waals surface area (Å²) >= 11 is 5.81. The van der Waals surface area contributed by atoms with Crippen LogP contribution in [0, 0.1) is 11.8 Å². The van der Waals surface area contributed by atoms with Gasteiger partial charge < -0.3 is 4.90 Å². The first-order chi connectivity index (χ1) is 9.20. The summed E-state index contributed by atoms with van der Waals surface area (Å²) in [5, 5.41) is 5.11. The molecular weight excluding hydrogens is 300 g/mol. The van der Waals surface area contributed by atoms with Gasteiger partial charge >= 0.3 is 0 Å². The summed E-state index contributed by atoms with van der Waals surface area (Å²) in [5.41, 5.74) is 0.291. The molecule has 1 aromatic carbocycles. The van der Waals surface area contributed by atoms with Gasteiger partial charge in [0.15, 0.2) is 0 Å². The summed E-state index contributed by atoms with van der Waals surface area (Å²) in [6.07, 6.45) is 0. The molecule has 0 spiro atoms. The van der Waals surface area contributed by atoms with Crippen molar-refractivity contribution < 1.29 is 13.2 Å². The molecule has 1 aliphatic rings. The molecule has 1 aliphatic heterocycles. The van der Waals surface area contributed by atoms with Crippen molar-refractivity contribution in [3.05, 3.63) is 28.8 Å². The Hall–Kier alpha value is -1.11. The van der Waals surface area contributed by atoms with Crippen LogP contribution in [0.5, 0.6) is 0 Å². The van der Waals surface area contributed by atoms with Crippen molar-refractivity contribution in [3.8, 4) is 0 Å². The van der Waals surface area contributed by atoms with Gasteiger partial charge in [-0.15, -0.1) is 0 Å². The highest BCUT2D eigenvalue weighted by atomic mass is 35.5. The highest BCUT2D eigenvalue weighted by molar-refractivity contribution is 7.89. The van der Waals surface area contributed by atoms with E-state index in [1.807, 2.05) is 0 Å². The molecule has 2 rings (SSSR count). The Labute approximate surface area is 123 Å². The number of benzene rings is 1. The van der Waals surface area contributed by atoms with Gasteiger partial charge in [-0.05, 0) is 30.0 Å². The predicted octanol–water partition coefficient (Wildman–Crippen LogP) is 1.72. The minimum absolute atomic E-state index is 0.0206. The normalized spacial score (nSPS) is 23.1. The van der Waals surface area contributed by atoms with Crippen LogP contribution in [0.2, 0.25) is 5.02 Å². The maximum Gasteiger partial charge on any atom is 0.253 e. The number of hydrogen-bond donors (Lipinski definition) is 1. The fourth-order valence-electron chi connectivity index (χ4n) is 2.33. The molecule has 0 bridgehead atoms. The quantitative estimate of drug-likeness (QED) is 0.902. The minimum atomic E-state index is -3.94. The van der Waals surface area contributed by atoms with E-state index >= 15 is 0 Å². The molecule has 20 heavy (non-hydrogen) atoms. The SMILES string of the molecule is CC1CN(C(=O)c2ccc(Cl)c(S(N)(=O)=O)c2)CC1C. The Morgan fingerprint density at radius 1 is 1.30 bits per heavy atom. The van der Waals surface area contributed by atoms with E-state index in [9.17, 15) is 13.2 Å². The number of likely N-dealkylation sites (tertiary alicyclic amines) is 1. The van der Waals surface area contributed by atoms with Gasteiger partial charge in [0.25, 0.3) is 5.91 Å². The van der Waals surface area contributed by atoms with E-state index in [1.54, 1.807) is 4.90 Å². The monoisotopic (exact) mass is 316 g/mol. The van der Waals surface area contributed by atoms with Crippen LogP contribution >= 0.6 is 11.6 Å². The summed E-state index contributed by atoms with van der Waals surface area (Å²) in [6, 6.07) is 4.15. The maximum absolute atomic E-state index is 12.4. The van der Waals surface area contributed by atoms with Gasteiger partial charge in [-0.2, -0.15) is 0 Å². The molecular formula is C13H17ClN2O3S. The molecule has 0 saturated carbocycles. The average Bonchev–Trinajstić information content (AvgIpc) is 2.68.